The first-order chi connectivity index (χ1) is 18.6. The number of halogens is 3. The lowest BCUT2D eigenvalue weighted by molar-refractivity contribution is -0.184. The number of alkyl halides is 3. The maximum absolute atomic E-state index is 12.7. The summed E-state index contributed by atoms with van der Waals surface area (Å²) in [6, 6.07) is 22.2. The molecular weight excluding hydrogens is 507 g/mol. The molecule has 2 fully saturated rings. The van der Waals surface area contributed by atoms with Crippen LogP contribution in [0, 0.1) is 6.92 Å². The van der Waals surface area contributed by atoms with Crippen molar-refractivity contribution in [2.75, 3.05) is 26.3 Å². The number of nitrogens with zero attached hydrogens (tertiary/aromatic N) is 2. The van der Waals surface area contributed by atoms with Gasteiger partial charge in [-0.3, -0.25) is 9.79 Å². The fraction of sp³-hybridized carbons (Fsp3) is 0.267. The van der Waals surface area contributed by atoms with Gasteiger partial charge < -0.3 is 20.5 Å². The van der Waals surface area contributed by atoms with Gasteiger partial charge in [-0.2, -0.15) is 13.2 Å². The third-order valence-corrected chi connectivity index (χ3v) is 6.63. The van der Waals surface area contributed by atoms with Crippen LogP contribution in [0.2, 0.25) is 0 Å². The van der Waals surface area contributed by atoms with Gasteiger partial charge in [-0.15, -0.1) is 0 Å². The standard InChI is InChI=1S/C20H18F3N3O.C10H12O2/c21-20(22,23)16-8-6-15(7-9-16)19(24)17-11-26(13-27)12-18(17)25-10-14-4-2-1-3-5-14;1-8-2-4-9(5-3-8)10(11)6-12-7-10/h1-9,13H,10-12,24H2;2-5,11H,6-7H2,1H3/b19-17-,25-18?;. The van der Waals surface area contributed by atoms with Crippen LogP contribution in [0.15, 0.2) is 89.4 Å². The lowest BCUT2D eigenvalue weighted by atomic mass is 9.92. The van der Waals surface area contributed by atoms with Crippen LogP contribution in [0.1, 0.15) is 27.8 Å². The number of rotatable bonds is 5. The third-order valence-electron chi connectivity index (χ3n) is 6.63. The molecule has 0 unspecified atom stereocenters. The first kappa shape index (κ1) is 28.1. The minimum absolute atomic E-state index is 0.282. The molecule has 204 valence electrons. The van der Waals surface area contributed by atoms with Gasteiger partial charge in [0, 0.05) is 17.8 Å². The van der Waals surface area contributed by atoms with Gasteiger partial charge in [0.25, 0.3) is 0 Å². The number of likely N-dealkylation sites (tertiary alicyclic amines) is 1. The molecule has 2 aliphatic heterocycles. The van der Waals surface area contributed by atoms with Crippen molar-refractivity contribution in [3.05, 3.63) is 112 Å². The zero-order valence-corrected chi connectivity index (χ0v) is 21.5. The molecule has 6 nitrogen and oxygen atoms in total. The van der Waals surface area contributed by atoms with E-state index in [4.69, 9.17) is 10.5 Å². The van der Waals surface area contributed by atoms with Gasteiger partial charge in [-0.1, -0.05) is 72.3 Å². The van der Waals surface area contributed by atoms with E-state index in [-0.39, 0.29) is 6.54 Å². The predicted octanol–water partition coefficient (Wildman–Crippen LogP) is 4.70. The Balaban J connectivity index is 0.000000243. The summed E-state index contributed by atoms with van der Waals surface area (Å²) in [6.07, 6.45) is -3.69. The Bertz CT molecular complexity index is 1330. The molecule has 0 spiro atoms. The van der Waals surface area contributed by atoms with Crippen LogP contribution < -0.4 is 5.73 Å². The molecule has 3 aromatic rings. The molecule has 0 aromatic heterocycles. The Kier molecular flexibility index (Phi) is 8.52. The minimum atomic E-state index is -4.40. The zero-order chi connectivity index (χ0) is 28.0. The largest absolute Gasteiger partial charge is 0.416 e. The van der Waals surface area contributed by atoms with Gasteiger partial charge in [-0.05, 0) is 35.7 Å². The SMILES string of the molecule is Cc1ccc(C2(O)COC2)cc1.N/C(=C1/CN(C=O)CC1=NCc1ccccc1)c1ccc(C(F)(F)F)cc1. The summed E-state index contributed by atoms with van der Waals surface area (Å²) in [7, 11) is 0. The molecule has 39 heavy (non-hydrogen) atoms. The van der Waals surface area contributed by atoms with Crippen molar-refractivity contribution in [3.63, 3.8) is 0 Å². The molecular formula is C30H30F3N3O3. The van der Waals surface area contributed by atoms with E-state index < -0.39 is 17.3 Å². The quantitative estimate of drug-likeness (QED) is 0.462. The van der Waals surface area contributed by atoms with Crippen LogP contribution in [-0.4, -0.2) is 48.4 Å². The van der Waals surface area contributed by atoms with Crippen molar-refractivity contribution < 1.29 is 27.8 Å². The number of aryl methyl sites for hydroxylation is 1. The molecule has 3 aromatic carbocycles. The summed E-state index contributed by atoms with van der Waals surface area (Å²) < 4.78 is 43.2. The van der Waals surface area contributed by atoms with Gasteiger partial charge >= 0.3 is 6.18 Å². The number of nitrogens with two attached hydrogens (primary N) is 1. The second-order valence-corrected chi connectivity index (χ2v) is 9.62. The highest BCUT2D eigenvalue weighted by molar-refractivity contribution is 6.10. The van der Waals surface area contributed by atoms with Crippen molar-refractivity contribution in [2.24, 2.45) is 10.7 Å². The topological polar surface area (TPSA) is 88.2 Å². The van der Waals surface area contributed by atoms with Gasteiger partial charge in [0.2, 0.25) is 6.41 Å². The van der Waals surface area contributed by atoms with Crippen LogP contribution in [0.4, 0.5) is 13.2 Å². The molecule has 0 saturated carbocycles. The molecule has 2 aliphatic rings. The van der Waals surface area contributed by atoms with E-state index in [9.17, 15) is 23.1 Å². The maximum atomic E-state index is 12.7. The molecule has 0 bridgehead atoms. The first-order valence-electron chi connectivity index (χ1n) is 12.4. The Labute approximate surface area is 225 Å². The highest BCUT2D eigenvalue weighted by Crippen LogP contribution is 2.31. The van der Waals surface area contributed by atoms with Crippen LogP contribution >= 0.6 is 0 Å². The van der Waals surface area contributed by atoms with Crippen LogP contribution in [0.3, 0.4) is 0 Å². The number of aliphatic hydroxyl groups is 1. The average Bonchev–Trinajstić information content (AvgIpc) is 3.34. The normalized spacial score (nSPS) is 18.7. The van der Waals surface area contributed by atoms with Crippen molar-refractivity contribution in [2.45, 2.75) is 25.2 Å². The van der Waals surface area contributed by atoms with Crippen LogP contribution in [-0.2, 0) is 27.9 Å². The molecule has 0 atom stereocenters. The van der Waals surface area contributed by atoms with Gasteiger partial charge in [-0.25, -0.2) is 0 Å². The fourth-order valence-corrected chi connectivity index (χ4v) is 4.21. The fourth-order valence-electron chi connectivity index (χ4n) is 4.21. The molecule has 2 saturated heterocycles. The Hall–Kier alpha value is -3.95. The molecule has 9 heteroatoms. The van der Waals surface area contributed by atoms with E-state index in [2.05, 4.69) is 4.99 Å². The summed E-state index contributed by atoms with van der Waals surface area (Å²) >= 11 is 0. The van der Waals surface area contributed by atoms with E-state index in [1.165, 1.54) is 22.6 Å². The van der Waals surface area contributed by atoms with Crippen molar-refractivity contribution >= 4 is 17.8 Å². The Morgan fingerprint density at radius 1 is 1.03 bits per heavy atom. The van der Waals surface area contributed by atoms with E-state index in [0.29, 0.717) is 55.3 Å². The predicted molar refractivity (Wildman–Crippen MR) is 144 cm³/mol. The lowest BCUT2D eigenvalue weighted by Gasteiger charge is -2.36. The summed E-state index contributed by atoms with van der Waals surface area (Å²) in [4.78, 5) is 17.3. The number of ether oxygens (including phenoxy) is 1. The van der Waals surface area contributed by atoms with Gasteiger partial charge in [0.1, 0.15) is 5.60 Å². The van der Waals surface area contributed by atoms with Gasteiger partial charge in [0.05, 0.1) is 37.6 Å². The summed E-state index contributed by atoms with van der Waals surface area (Å²) in [6.45, 7) is 3.93. The summed E-state index contributed by atoms with van der Waals surface area (Å²) in [5.41, 5.74) is 10.1. The molecule has 2 heterocycles. The number of hydrogen-bond donors (Lipinski definition) is 2. The highest BCUT2D eigenvalue weighted by atomic mass is 19.4. The van der Waals surface area contributed by atoms with E-state index >= 15 is 0 Å². The van der Waals surface area contributed by atoms with Crippen molar-refractivity contribution in [1.82, 2.24) is 4.90 Å². The second-order valence-electron chi connectivity index (χ2n) is 9.62. The van der Waals surface area contributed by atoms with Crippen molar-refractivity contribution in [1.29, 1.82) is 0 Å². The first-order valence-corrected chi connectivity index (χ1v) is 12.4. The average molecular weight is 538 g/mol. The number of carbonyl (C=O) groups is 1. The molecule has 1 amide bonds. The van der Waals surface area contributed by atoms with E-state index in [0.717, 1.165) is 23.3 Å². The third kappa shape index (κ3) is 6.93. The number of aliphatic imine (C=N–C) groups is 1. The monoisotopic (exact) mass is 537 g/mol. The smallest absolute Gasteiger partial charge is 0.398 e. The zero-order valence-electron chi connectivity index (χ0n) is 21.5. The number of carbonyl (C=O) groups excluding carboxylic acids is 1. The molecule has 0 radical (unpaired) electrons. The number of amides is 1. The lowest BCUT2D eigenvalue weighted by Crippen LogP contribution is -2.46. The van der Waals surface area contributed by atoms with Crippen LogP contribution in [0.25, 0.3) is 5.70 Å². The van der Waals surface area contributed by atoms with Crippen molar-refractivity contribution in [3.8, 4) is 0 Å². The van der Waals surface area contributed by atoms with E-state index in [1.807, 2.05) is 61.5 Å². The minimum Gasteiger partial charge on any atom is -0.398 e. The molecule has 3 N–H and O–H groups in total. The van der Waals surface area contributed by atoms with Gasteiger partial charge in [0.15, 0.2) is 0 Å². The second kappa shape index (κ2) is 11.8. The maximum Gasteiger partial charge on any atom is 0.416 e. The van der Waals surface area contributed by atoms with E-state index in [1.54, 1.807) is 0 Å². The Morgan fingerprint density at radius 3 is 2.21 bits per heavy atom. The number of benzene rings is 3. The summed E-state index contributed by atoms with van der Waals surface area (Å²) in [5, 5.41) is 9.85. The number of hydrogen-bond acceptors (Lipinski definition) is 5. The summed E-state index contributed by atoms with van der Waals surface area (Å²) in [5.74, 6) is 0. The Morgan fingerprint density at radius 2 is 1.67 bits per heavy atom. The van der Waals surface area contributed by atoms with Crippen LogP contribution in [0.5, 0.6) is 0 Å². The highest BCUT2D eigenvalue weighted by Gasteiger charge is 2.37. The molecule has 5 rings (SSSR count). The molecule has 0 aliphatic carbocycles.